The van der Waals surface area contributed by atoms with E-state index in [2.05, 4.69) is 219 Å². The second kappa shape index (κ2) is 13.0. The molecule has 0 spiro atoms. The van der Waals surface area contributed by atoms with E-state index in [9.17, 15) is 0 Å². The number of anilines is 3. The number of rotatable bonds is 6. The summed E-state index contributed by atoms with van der Waals surface area (Å²) < 4.78 is 7.21. The van der Waals surface area contributed by atoms with Gasteiger partial charge in [-0.25, -0.2) is 0 Å². The van der Waals surface area contributed by atoms with E-state index in [0.717, 1.165) is 60.9 Å². The van der Waals surface area contributed by atoms with Gasteiger partial charge in [-0.1, -0.05) is 178 Å². The van der Waals surface area contributed by atoms with E-state index in [0.29, 0.717) is 0 Å². The fraction of sp³-hybridized carbons (Fsp3) is 0.0545. The van der Waals surface area contributed by atoms with Crippen molar-refractivity contribution in [1.82, 2.24) is 0 Å². The van der Waals surface area contributed by atoms with Gasteiger partial charge < -0.3 is 9.32 Å². The molecule has 2 heteroatoms. The predicted molar refractivity (Wildman–Crippen MR) is 240 cm³/mol. The Hall–Kier alpha value is -7.16. The third kappa shape index (κ3) is 5.33. The summed E-state index contributed by atoms with van der Waals surface area (Å²) in [7, 11) is 0. The smallest absolute Gasteiger partial charge is 0.160 e. The highest BCUT2D eigenvalue weighted by Crippen LogP contribution is 2.53. The summed E-state index contributed by atoms with van der Waals surface area (Å²) in [5, 5.41) is 4.48. The molecule has 0 atom stereocenters. The largest absolute Gasteiger partial charge is 0.453 e. The Kier molecular flexibility index (Phi) is 7.55. The summed E-state index contributed by atoms with van der Waals surface area (Å²) in [4.78, 5) is 2.43. The Bertz CT molecular complexity index is 3120. The number of fused-ring (bicyclic) bond motifs is 8. The normalized spacial score (nSPS) is 12.9. The first kappa shape index (κ1) is 33.2. The van der Waals surface area contributed by atoms with E-state index < -0.39 is 0 Å². The fourth-order valence-corrected chi connectivity index (χ4v) is 9.15. The van der Waals surface area contributed by atoms with E-state index in [1.807, 2.05) is 0 Å². The van der Waals surface area contributed by atoms with Gasteiger partial charge in [-0.2, -0.15) is 0 Å². The number of nitrogens with zero attached hydrogens (tertiary/aromatic N) is 1. The van der Waals surface area contributed by atoms with Crippen LogP contribution in [0.15, 0.2) is 205 Å². The summed E-state index contributed by atoms with van der Waals surface area (Å²) in [5.41, 5.74) is 17.0. The van der Waals surface area contributed by atoms with E-state index >= 15 is 0 Å². The minimum atomic E-state index is -0.162. The molecule has 10 aromatic rings. The topological polar surface area (TPSA) is 16.4 Å². The highest BCUT2D eigenvalue weighted by atomic mass is 16.3. The third-order valence-electron chi connectivity index (χ3n) is 12.1. The SMILES string of the molecule is CC1(C)c2ccccc2-c2ccc(N(c3ccc(-c4ccccc4)cc3)c3c(-c4ccc(-c5ccccc5)cc4)ccc4c3oc3c5ccccc5ccc43)cc21. The van der Waals surface area contributed by atoms with Crippen LogP contribution in [0.4, 0.5) is 17.1 Å². The molecule has 1 aromatic heterocycles. The van der Waals surface area contributed by atoms with Crippen LogP contribution < -0.4 is 4.90 Å². The zero-order valence-corrected chi connectivity index (χ0v) is 31.9. The second-order valence-corrected chi connectivity index (χ2v) is 15.7. The number of benzene rings is 9. The zero-order valence-electron chi connectivity index (χ0n) is 31.9. The van der Waals surface area contributed by atoms with Crippen LogP contribution in [0.25, 0.3) is 77.2 Å². The summed E-state index contributed by atoms with van der Waals surface area (Å²) in [6.07, 6.45) is 0. The summed E-state index contributed by atoms with van der Waals surface area (Å²) in [6, 6.07) is 72.6. The highest BCUT2D eigenvalue weighted by Gasteiger charge is 2.36. The maximum absolute atomic E-state index is 7.21. The average molecular weight is 730 g/mol. The fourth-order valence-electron chi connectivity index (χ4n) is 9.15. The maximum atomic E-state index is 7.21. The molecule has 2 nitrogen and oxygen atoms in total. The first-order valence-corrected chi connectivity index (χ1v) is 19.8. The average Bonchev–Trinajstić information content (AvgIpc) is 3.77. The van der Waals surface area contributed by atoms with Crippen molar-refractivity contribution in [3.63, 3.8) is 0 Å². The number of furan rings is 1. The van der Waals surface area contributed by atoms with Crippen LogP contribution >= 0.6 is 0 Å². The van der Waals surface area contributed by atoms with Gasteiger partial charge in [-0.05, 0) is 91.9 Å². The van der Waals surface area contributed by atoms with Crippen molar-refractivity contribution in [2.75, 3.05) is 4.90 Å². The van der Waals surface area contributed by atoms with Crippen LogP contribution in [-0.2, 0) is 5.41 Å². The number of hydrogen-bond acceptors (Lipinski definition) is 2. The van der Waals surface area contributed by atoms with Crippen molar-refractivity contribution in [2.24, 2.45) is 0 Å². The molecule has 0 saturated heterocycles. The van der Waals surface area contributed by atoms with Gasteiger partial charge in [0.25, 0.3) is 0 Å². The third-order valence-corrected chi connectivity index (χ3v) is 12.1. The van der Waals surface area contributed by atoms with Crippen LogP contribution in [0.1, 0.15) is 25.0 Å². The molecule has 0 aliphatic heterocycles. The van der Waals surface area contributed by atoms with E-state index in [-0.39, 0.29) is 5.41 Å². The molecule has 1 aliphatic carbocycles. The molecule has 11 rings (SSSR count). The summed E-state index contributed by atoms with van der Waals surface area (Å²) >= 11 is 0. The minimum Gasteiger partial charge on any atom is -0.453 e. The lowest BCUT2D eigenvalue weighted by Crippen LogP contribution is -2.17. The second-order valence-electron chi connectivity index (χ2n) is 15.7. The monoisotopic (exact) mass is 729 g/mol. The standard InChI is InChI=1S/C55H39NO/c1-55(2)50-20-12-11-19-46(50)47-32-30-43(35-51(47)55)56(42-28-25-39(26-29-42)37-15-7-4-8-16-37)52-44(41-23-21-38(22-24-41)36-13-5-3-6-14-36)33-34-49-48-31-27-40-17-9-10-18-45(40)53(48)57-54(49)52/h3-35H,1-2H3. The maximum Gasteiger partial charge on any atom is 0.160 e. The highest BCUT2D eigenvalue weighted by molar-refractivity contribution is 6.19. The minimum absolute atomic E-state index is 0.162. The predicted octanol–water partition coefficient (Wildman–Crippen LogP) is 15.5. The molecule has 0 amide bonds. The molecule has 1 heterocycles. The van der Waals surface area contributed by atoms with Gasteiger partial charge in [-0.3, -0.25) is 0 Å². The lowest BCUT2D eigenvalue weighted by molar-refractivity contribution is 0.660. The van der Waals surface area contributed by atoms with Crippen LogP contribution in [0, 0.1) is 0 Å². The molecule has 0 unspecified atom stereocenters. The molecule has 57 heavy (non-hydrogen) atoms. The van der Waals surface area contributed by atoms with Gasteiger partial charge in [0.1, 0.15) is 5.58 Å². The van der Waals surface area contributed by atoms with Crippen molar-refractivity contribution in [3.8, 4) is 44.5 Å². The lowest BCUT2D eigenvalue weighted by atomic mass is 9.82. The summed E-state index contributed by atoms with van der Waals surface area (Å²) in [5.74, 6) is 0. The molecular formula is C55H39NO. The molecule has 0 saturated carbocycles. The lowest BCUT2D eigenvalue weighted by Gasteiger charge is -2.30. The molecular weight excluding hydrogens is 691 g/mol. The zero-order chi connectivity index (χ0) is 38.1. The van der Waals surface area contributed by atoms with Crippen molar-refractivity contribution < 1.29 is 4.42 Å². The molecule has 270 valence electrons. The first-order valence-electron chi connectivity index (χ1n) is 19.8. The molecule has 0 radical (unpaired) electrons. The van der Waals surface area contributed by atoms with Crippen LogP contribution in [0.2, 0.25) is 0 Å². The molecule has 0 N–H and O–H groups in total. The summed E-state index contributed by atoms with van der Waals surface area (Å²) in [6.45, 7) is 4.70. The van der Waals surface area contributed by atoms with E-state index in [1.54, 1.807) is 0 Å². The van der Waals surface area contributed by atoms with Gasteiger partial charge in [0.2, 0.25) is 0 Å². The van der Waals surface area contributed by atoms with Crippen molar-refractivity contribution in [1.29, 1.82) is 0 Å². The molecule has 0 bridgehead atoms. The Balaban J connectivity index is 1.19. The molecule has 1 aliphatic rings. The van der Waals surface area contributed by atoms with Gasteiger partial charge in [0, 0.05) is 38.5 Å². The van der Waals surface area contributed by atoms with Gasteiger partial charge in [-0.15, -0.1) is 0 Å². The van der Waals surface area contributed by atoms with Gasteiger partial charge in [0.15, 0.2) is 5.58 Å². The van der Waals surface area contributed by atoms with Gasteiger partial charge >= 0.3 is 0 Å². The Morgan fingerprint density at radius 2 is 0.895 bits per heavy atom. The van der Waals surface area contributed by atoms with Crippen LogP contribution in [-0.4, -0.2) is 0 Å². The van der Waals surface area contributed by atoms with Crippen molar-refractivity contribution in [2.45, 2.75) is 19.3 Å². The van der Waals surface area contributed by atoms with Crippen molar-refractivity contribution >= 4 is 49.8 Å². The Labute approximate surface area is 332 Å². The van der Waals surface area contributed by atoms with Crippen LogP contribution in [0.3, 0.4) is 0 Å². The molecule has 9 aromatic carbocycles. The van der Waals surface area contributed by atoms with E-state index in [1.165, 1.54) is 44.5 Å². The van der Waals surface area contributed by atoms with Gasteiger partial charge in [0.05, 0.1) is 5.69 Å². The van der Waals surface area contributed by atoms with Crippen LogP contribution in [0.5, 0.6) is 0 Å². The number of hydrogen-bond donors (Lipinski definition) is 0. The Morgan fingerprint density at radius 3 is 1.63 bits per heavy atom. The molecule has 0 fully saturated rings. The quantitative estimate of drug-likeness (QED) is 0.169. The van der Waals surface area contributed by atoms with E-state index in [4.69, 9.17) is 4.42 Å². The van der Waals surface area contributed by atoms with Crippen molar-refractivity contribution in [3.05, 3.63) is 211 Å². The Morgan fingerprint density at radius 1 is 0.368 bits per heavy atom. The first-order chi connectivity index (χ1) is 28.0.